The standard InChI is InChI=1S/C21H24N4O4/c1-27-16-5-6-19(28-2)15(12-16)14-24-7-9-25(10-8-24)21(26)18-13-17(22-23-18)20-4-3-11-29-20/h3-6,11-13H,7-10,14H2,1-2H3,(H,22,23). The quantitative estimate of drug-likeness (QED) is 0.690. The number of aromatic nitrogens is 2. The van der Waals surface area contributed by atoms with Gasteiger partial charge in [0.15, 0.2) is 11.5 Å². The molecule has 1 saturated heterocycles. The van der Waals surface area contributed by atoms with Crippen molar-refractivity contribution in [3.8, 4) is 23.0 Å². The summed E-state index contributed by atoms with van der Waals surface area (Å²) in [4.78, 5) is 16.9. The Morgan fingerprint density at radius 3 is 2.66 bits per heavy atom. The second-order valence-corrected chi connectivity index (χ2v) is 6.89. The van der Waals surface area contributed by atoms with E-state index in [0.29, 0.717) is 30.2 Å². The highest BCUT2D eigenvalue weighted by molar-refractivity contribution is 5.93. The minimum absolute atomic E-state index is 0.0716. The molecule has 0 saturated carbocycles. The lowest BCUT2D eigenvalue weighted by atomic mass is 10.1. The molecule has 0 atom stereocenters. The predicted octanol–water partition coefficient (Wildman–Crippen LogP) is 2.64. The van der Waals surface area contributed by atoms with Gasteiger partial charge < -0.3 is 18.8 Å². The summed E-state index contributed by atoms with van der Waals surface area (Å²) in [5.74, 6) is 2.23. The summed E-state index contributed by atoms with van der Waals surface area (Å²) in [5, 5.41) is 7.02. The number of piperazine rings is 1. The zero-order valence-electron chi connectivity index (χ0n) is 16.6. The van der Waals surface area contributed by atoms with Gasteiger partial charge in [-0.3, -0.25) is 14.8 Å². The van der Waals surface area contributed by atoms with Gasteiger partial charge in [0.05, 0.1) is 20.5 Å². The molecule has 8 nitrogen and oxygen atoms in total. The summed E-state index contributed by atoms with van der Waals surface area (Å²) in [5.41, 5.74) is 2.17. The van der Waals surface area contributed by atoms with Crippen molar-refractivity contribution in [1.82, 2.24) is 20.0 Å². The first-order valence-corrected chi connectivity index (χ1v) is 9.49. The normalized spacial score (nSPS) is 14.8. The van der Waals surface area contributed by atoms with Gasteiger partial charge in [-0.05, 0) is 30.3 Å². The second-order valence-electron chi connectivity index (χ2n) is 6.89. The molecule has 0 spiro atoms. The second kappa shape index (κ2) is 8.40. The number of methoxy groups -OCH3 is 2. The molecule has 0 bridgehead atoms. The van der Waals surface area contributed by atoms with Crippen LogP contribution in [0.5, 0.6) is 11.5 Å². The van der Waals surface area contributed by atoms with Crippen LogP contribution in [0.25, 0.3) is 11.5 Å². The first-order chi connectivity index (χ1) is 14.2. The Hall–Kier alpha value is -3.26. The molecular formula is C21H24N4O4. The van der Waals surface area contributed by atoms with Crippen molar-refractivity contribution in [1.29, 1.82) is 0 Å². The first-order valence-electron chi connectivity index (χ1n) is 9.49. The number of rotatable bonds is 6. The van der Waals surface area contributed by atoms with Gasteiger partial charge in [0, 0.05) is 44.4 Å². The zero-order valence-corrected chi connectivity index (χ0v) is 16.6. The molecule has 1 amide bonds. The summed E-state index contributed by atoms with van der Waals surface area (Å²) in [6.45, 7) is 3.60. The molecule has 0 aliphatic carbocycles. The van der Waals surface area contributed by atoms with Crippen LogP contribution in [0, 0.1) is 0 Å². The maximum Gasteiger partial charge on any atom is 0.274 e. The molecule has 1 aliphatic heterocycles. The van der Waals surface area contributed by atoms with Crippen molar-refractivity contribution in [3.63, 3.8) is 0 Å². The van der Waals surface area contributed by atoms with Crippen LogP contribution in [0.3, 0.4) is 0 Å². The van der Waals surface area contributed by atoms with E-state index >= 15 is 0 Å². The molecule has 1 N–H and O–H groups in total. The van der Waals surface area contributed by atoms with E-state index in [-0.39, 0.29) is 5.91 Å². The fraction of sp³-hybridized carbons (Fsp3) is 0.333. The molecule has 8 heteroatoms. The van der Waals surface area contributed by atoms with Crippen LogP contribution in [-0.2, 0) is 6.54 Å². The van der Waals surface area contributed by atoms with Gasteiger partial charge >= 0.3 is 0 Å². The van der Waals surface area contributed by atoms with Crippen molar-refractivity contribution in [3.05, 3.63) is 53.9 Å². The molecule has 1 aromatic carbocycles. The third-order valence-corrected chi connectivity index (χ3v) is 5.12. The van der Waals surface area contributed by atoms with Crippen LogP contribution in [0.15, 0.2) is 47.1 Å². The Morgan fingerprint density at radius 2 is 1.97 bits per heavy atom. The lowest BCUT2D eigenvalue weighted by molar-refractivity contribution is 0.0621. The van der Waals surface area contributed by atoms with Crippen LogP contribution >= 0.6 is 0 Å². The van der Waals surface area contributed by atoms with Gasteiger partial charge in [-0.2, -0.15) is 5.10 Å². The SMILES string of the molecule is COc1ccc(OC)c(CN2CCN(C(=O)c3cc(-c4ccco4)[nH]n3)CC2)c1. The van der Waals surface area contributed by atoms with Gasteiger partial charge in [-0.15, -0.1) is 0 Å². The molecule has 0 radical (unpaired) electrons. The number of aromatic amines is 1. The lowest BCUT2D eigenvalue weighted by Gasteiger charge is -2.34. The number of hydrogen-bond acceptors (Lipinski definition) is 6. The largest absolute Gasteiger partial charge is 0.497 e. The summed E-state index contributed by atoms with van der Waals surface area (Å²) >= 11 is 0. The number of H-pyrrole nitrogens is 1. The summed E-state index contributed by atoms with van der Waals surface area (Å²) in [7, 11) is 3.32. The Kier molecular flexibility index (Phi) is 5.53. The number of amides is 1. The molecule has 29 heavy (non-hydrogen) atoms. The van der Waals surface area contributed by atoms with Crippen molar-refractivity contribution in [2.24, 2.45) is 0 Å². The van der Waals surface area contributed by atoms with Crippen molar-refractivity contribution in [2.45, 2.75) is 6.54 Å². The van der Waals surface area contributed by atoms with Crippen LogP contribution < -0.4 is 9.47 Å². The highest BCUT2D eigenvalue weighted by Gasteiger charge is 2.25. The number of furan rings is 1. The van der Waals surface area contributed by atoms with Crippen LogP contribution in [0.2, 0.25) is 0 Å². The van der Waals surface area contributed by atoms with Crippen molar-refractivity contribution < 1.29 is 18.7 Å². The smallest absolute Gasteiger partial charge is 0.274 e. The number of ether oxygens (including phenoxy) is 2. The highest BCUT2D eigenvalue weighted by Crippen LogP contribution is 2.26. The van der Waals surface area contributed by atoms with Gasteiger partial charge in [0.2, 0.25) is 0 Å². The Labute approximate surface area is 169 Å². The molecule has 152 valence electrons. The fourth-order valence-corrected chi connectivity index (χ4v) is 3.51. The third-order valence-electron chi connectivity index (χ3n) is 5.12. The highest BCUT2D eigenvalue weighted by atomic mass is 16.5. The van der Waals surface area contributed by atoms with E-state index in [0.717, 1.165) is 36.7 Å². The molecule has 3 heterocycles. The molecule has 1 fully saturated rings. The van der Waals surface area contributed by atoms with Crippen molar-refractivity contribution in [2.75, 3.05) is 40.4 Å². The van der Waals surface area contributed by atoms with Crippen LogP contribution in [0.1, 0.15) is 16.1 Å². The Bertz CT molecular complexity index is 959. The number of carbonyl (C=O) groups excluding carboxylic acids is 1. The zero-order chi connectivity index (χ0) is 20.2. The van der Waals surface area contributed by atoms with Gasteiger partial charge in [-0.1, -0.05) is 0 Å². The Morgan fingerprint density at radius 1 is 1.14 bits per heavy atom. The molecule has 0 unspecified atom stereocenters. The number of nitrogens with zero attached hydrogens (tertiary/aromatic N) is 3. The van der Waals surface area contributed by atoms with Crippen molar-refractivity contribution >= 4 is 5.91 Å². The number of hydrogen-bond donors (Lipinski definition) is 1. The summed E-state index contributed by atoms with van der Waals surface area (Å²) < 4.78 is 16.1. The van der Waals surface area contributed by atoms with Crippen LogP contribution in [-0.4, -0.2) is 66.3 Å². The first kappa shape index (κ1) is 19.1. The number of carbonyl (C=O) groups is 1. The Balaban J connectivity index is 1.37. The molecule has 4 rings (SSSR count). The summed E-state index contributed by atoms with van der Waals surface area (Å²) in [6.07, 6.45) is 1.59. The van der Waals surface area contributed by atoms with E-state index in [1.165, 1.54) is 0 Å². The maximum atomic E-state index is 12.8. The van der Waals surface area contributed by atoms with E-state index < -0.39 is 0 Å². The third kappa shape index (κ3) is 4.12. The van der Waals surface area contributed by atoms with E-state index in [9.17, 15) is 4.79 Å². The topological polar surface area (TPSA) is 83.8 Å². The van der Waals surface area contributed by atoms with Gasteiger partial charge in [0.1, 0.15) is 17.2 Å². The van der Waals surface area contributed by atoms with E-state index in [1.807, 2.05) is 29.2 Å². The monoisotopic (exact) mass is 396 g/mol. The molecule has 2 aromatic heterocycles. The number of benzene rings is 1. The van der Waals surface area contributed by atoms with E-state index in [2.05, 4.69) is 15.1 Å². The van der Waals surface area contributed by atoms with E-state index in [4.69, 9.17) is 13.9 Å². The van der Waals surface area contributed by atoms with Gasteiger partial charge in [0.25, 0.3) is 5.91 Å². The van der Waals surface area contributed by atoms with Gasteiger partial charge in [-0.25, -0.2) is 0 Å². The average molecular weight is 396 g/mol. The molecule has 3 aromatic rings. The molecule has 1 aliphatic rings. The minimum Gasteiger partial charge on any atom is -0.497 e. The number of nitrogens with one attached hydrogen (secondary N) is 1. The summed E-state index contributed by atoms with van der Waals surface area (Å²) in [6, 6.07) is 11.2. The average Bonchev–Trinajstić information content (AvgIpc) is 3.45. The molecular weight excluding hydrogens is 372 g/mol. The lowest BCUT2D eigenvalue weighted by Crippen LogP contribution is -2.48. The predicted molar refractivity (Wildman–Crippen MR) is 107 cm³/mol. The minimum atomic E-state index is -0.0716. The van der Waals surface area contributed by atoms with E-state index in [1.54, 1.807) is 32.6 Å². The fourth-order valence-electron chi connectivity index (χ4n) is 3.51. The maximum absolute atomic E-state index is 12.8. The van der Waals surface area contributed by atoms with Crippen LogP contribution in [0.4, 0.5) is 0 Å².